The van der Waals surface area contributed by atoms with Gasteiger partial charge in [-0.15, -0.1) is 0 Å². The van der Waals surface area contributed by atoms with Gasteiger partial charge in [0.15, 0.2) is 0 Å². The van der Waals surface area contributed by atoms with E-state index in [1.165, 1.54) is 16.0 Å². The Kier molecular flexibility index (Phi) is 6.24. The molecule has 0 spiro atoms. The average Bonchev–Trinajstić information content (AvgIpc) is 3.23. The zero-order valence-corrected chi connectivity index (χ0v) is 21.4. The summed E-state index contributed by atoms with van der Waals surface area (Å²) in [5.41, 5.74) is 7.38. The molecule has 0 aliphatic carbocycles. The lowest BCUT2D eigenvalue weighted by atomic mass is 9.75. The van der Waals surface area contributed by atoms with Gasteiger partial charge in [0, 0.05) is 49.9 Å². The molecule has 1 fully saturated rings. The normalized spacial score (nSPS) is 18.4. The fourth-order valence-electron chi connectivity index (χ4n) is 5.72. The smallest absolute Gasteiger partial charge is 0.407 e. The first-order valence-electron chi connectivity index (χ1n) is 12.6. The molecular formula is C28H34N4O4. The Morgan fingerprint density at radius 3 is 2.78 bits per heavy atom. The molecule has 0 unspecified atom stereocenters. The number of aromatic amines is 1. The Hall–Kier alpha value is -3.39. The molecule has 8 heteroatoms. The molecule has 2 aliphatic rings. The molecule has 8 nitrogen and oxygen atoms in total. The molecule has 2 aromatic heterocycles. The zero-order valence-electron chi connectivity index (χ0n) is 21.4. The highest BCUT2D eigenvalue weighted by molar-refractivity contribution is 5.84. The van der Waals surface area contributed by atoms with Crippen LogP contribution in [0.5, 0.6) is 0 Å². The number of H-pyrrole nitrogens is 1. The predicted octanol–water partition coefficient (Wildman–Crippen LogP) is 4.39. The van der Waals surface area contributed by atoms with Crippen LogP contribution >= 0.6 is 0 Å². The van der Waals surface area contributed by atoms with Crippen LogP contribution in [0.4, 0.5) is 4.79 Å². The molecule has 1 saturated heterocycles. The topological polar surface area (TPSA) is 98.8 Å². The lowest BCUT2D eigenvalue weighted by Gasteiger charge is -2.44. The number of carboxylic acid groups (broad SMARTS) is 1. The third-order valence-corrected chi connectivity index (χ3v) is 7.87. The summed E-state index contributed by atoms with van der Waals surface area (Å²) in [5, 5.41) is 10.9. The number of ether oxygens (including phenoxy) is 1. The summed E-state index contributed by atoms with van der Waals surface area (Å²) >= 11 is 0. The molecule has 2 amide bonds. The quantitative estimate of drug-likeness (QED) is 0.565. The molecule has 0 radical (unpaired) electrons. The predicted molar refractivity (Wildman–Crippen MR) is 138 cm³/mol. The van der Waals surface area contributed by atoms with Crippen molar-refractivity contribution >= 4 is 23.0 Å². The van der Waals surface area contributed by atoms with Crippen LogP contribution in [0.1, 0.15) is 43.0 Å². The van der Waals surface area contributed by atoms with Gasteiger partial charge in [0.2, 0.25) is 5.91 Å². The number of pyridine rings is 1. The Morgan fingerprint density at radius 1 is 1.22 bits per heavy atom. The van der Waals surface area contributed by atoms with Gasteiger partial charge in [-0.3, -0.25) is 4.79 Å². The number of hydrogen-bond donors (Lipinski definition) is 2. The Bertz CT molecular complexity index is 1330. The molecule has 0 bridgehead atoms. The number of benzene rings is 1. The van der Waals surface area contributed by atoms with E-state index in [2.05, 4.69) is 48.9 Å². The van der Waals surface area contributed by atoms with Gasteiger partial charge in [-0.05, 0) is 59.1 Å². The van der Waals surface area contributed by atoms with Crippen molar-refractivity contribution in [1.29, 1.82) is 0 Å². The summed E-state index contributed by atoms with van der Waals surface area (Å²) in [6.45, 7) is 10.4. The molecular weight excluding hydrogens is 456 g/mol. The van der Waals surface area contributed by atoms with Crippen molar-refractivity contribution in [1.82, 2.24) is 19.8 Å². The number of carbonyl (C=O) groups excluding carboxylic acids is 1. The largest absolute Gasteiger partial charge is 0.465 e. The second kappa shape index (κ2) is 9.24. The third kappa shape index (κ3) is 4.46. The number of hydrogen-bond acceptors (Lipinski definition) is 4. The number of amides is 2. The molecule has 5 rings (SSSR count). The van der Waals surface area contributed by atoms with E-state index < -0.39 is 6.09 Å². The first-order valence-corrected chi connectivity index (χ1v) is 12.6. The van der Waals surface area contributed by atoms with E-state index in [1.807, 2.05) is 17.3 Å². The lowest BCUT2D eigenvalue weighted by Crippen LogP contribution is -2.55. The van der Waals surface area contributed by atoms with Gasteiger partial charge >= 0.3 is 6.09 Å². The number of rotatable bonds is 4. The number of aryl methyl sites for hydroxylation is 1. The van der Waals surface area contributed by atoms with Crippen LogP contribution in [0.3, 0.4) is 0 Å². The number of aromatic nitrogens is 2. The molecule has 1 aromatic carbocycles. The third-order valence-electron chi connectivity index (χ3n) is 7.87. The highest BCUT2D eigenvalue weighted by atomic mass is 16.5. The monoisotopic (exact) mass is 490 g/mol. The molecule has 2 N–H and O–H groups in total. The van der Waals surface area contributed by atoms with Gasteiger partial charge in [0.25, 0.3) is 0 Å². The maximum atomic E-state index is 12.2. The highest BCUT2D eigenvalue weighted by Crippen LogP contribution is 2.37. The van der Waals surface area contributed by atoms with Crippen molar-refractivity contribution in [2.45, 2.75) is 53.1 Å². The Morgan fingerprint density at radius 2 is 2.03 bits per heavy atom. The van der Waals surface area contributed by atoms with Crippen LogP contribution < -0.4 is 0 Å². The molecule has 0 saturated carbocycles. The van der Waals surface area contributed by atoms with Gasteiger partial charge in [0.1, 0.15) is 5.65 Å². The van der Waals surface area contributed by atoms with Crippen LogP contribution in [0.2, 0.25) is 0 Å². The summed E-state index contributed by atoms with van der Waals surface area (Å²) < 4.78 is 5.72. The van der Waals surface area contributed by atoms with Crippen molar-refractivity contribution in [3.63, 3.8) is 0 Å². The van der Waals surface area contributed by atoms with E-state index in [9.17, 15) is 14.7 Å². The molecule has 190 valence electrons. The van der Waals surface area contributed by atoms with Crippen LogP contribution in [-0.4, -0.2) is 69.2 Å². The summed E-state index contributed by atoms with van der Waals surface area (Å²) in [6.07, 6.45) is 4.44. The molecule has 4 heterocycles. The van der Waals surface area contributed by atoms with Crippen molar-refractivity contribution in [3.8, 4) is 11.1 Å². The first-order chi connectivity index (χ1) is 17.1. The Balaban J connectivity index is 1.58. The minimum atomic E-state index is -0.906. The maximum absolute atomic E-state index is 12.2. The van der Waals surface area contributed by atoms with Crippen molar-refractivity contribution in [2.75, 3.05) is 26.3 Å². The van der Waals surface area contributed by atoms with Crippen molar-refractivity contribution in [2.24, 2.45) is 5.41 Å². The molecule has 2 aliphatic heterocycles. The number of morpholine rings is 1. The van der Waals surface area contributed by atoms with Gasteiger partial charge in [0.05, 0.1) is 19.3 Å². The summed E-state index contributed by atoms with van der Waals surface area (Å²) in [6, 6.07) is 6.37. The molecule has 36 heavy (non-hydrogen) atoms. The highest BCUT2D eigenvalue weighted by Gasteiger charge is 2.40. The fraction of sp³-hybridized carbons (Fsp3) is 0.464. The van der Waals surface area contributed by atoms with Crippen LogP contribution in [0, 0.1) is 12.3 Å². The molecule has 1 atom stereocenters. The van der Waals surface area contributed by atoms with Crippen molar-refractivity contribution < 1.29 is 19.4 Å². The van der Waals surface area contributed by atoms with Gasteiger partial charge in [-0.2, -0.15) is 0 Å². The standard InChI is InChI=1S/C28H34N4O4/c1-17-13-29-26-23(17)11-22(14-30-26)20-9-19-5-6-31(18(2)33)15-24(19)21(10-20)12-28(3,4)25-16-36-8-7-32(25)27(34)35/h9-11,13-14,25H,5-8,12,15-16H2,1-4H3,(H,29,30)(H,34,35)/t25-/m0/s1. The van der Waals surface area contributed by atoms with E-state index in [-0.39, 0.29) is 17.4 Å². The molecule has 3 aromatic rings. The summed E-state index contributed by atoms with van der Waals surface area (Å²) in [5.74, 6) is 0.0743. The van der Waals surface area contributed by atoms with Gasteiger partial charge in [-0.25, -0.2) is 9.78 Å². The second-order valence-corrected chi connectivity index (χ2v) is 10.8. The van der Waals surface area contributed by atoms with Crippen LogP contribution in [-0.2, 0) is 28.9 Å². The van der Waals surface area contributed by atoms with E-state index in [4.69, 9.17) is 4.74 Å². The summed E-state index contributed by atoms with van der Waals surface area (Å²) in [7, 11) is 0. The second-order valence-electron chi connectivity index (χ2n) is 10.8. The Labute approximate surface area is 211 Å². The maximum Gasteiger partial charge on any atom is 0.407 e. The van der Waals surface area contributed by atoms with E-state index in [1.54, 1.807) is 6.92 Å². The minimum absolute atomic E-state index is 0.0743. The van der Waals surface area contributed by atoms with E-state index >= 15 is 0 Å². The van der Waals surface area contributed by atoms with Crippen molar-refractivity contribution in [3.05, 3.63) is 52.8 Å². The lowest BCUT2D eigenvalue weighted by molar-refractivity contribution is -0.129. The van der Waals surface area contributed by atoms with Crippen LogP contribution in [0.15, 0.2) is 30.6 Å². The minimum Gasteiger partial charge on any atom is -0.465 e. The van der Waals surface area contributed by atoms with Crippen LogP contribution in [0.25, 0.3) is 22.2 Å². The fourth-order valence-corrected chi connectivity index (χ4v) is 5.72. The van der Waals surface area contributed by atoms with Gasteiger partial charge in [-0.1, -0.05) is 26.0 Å². The first kappa shape index (κ1) is 24.3. The van der Waals surface area contributed by atoms with Gasteiger partial charge < -0.3 is 24.6 Å². The number of nitrogens with one attached hydrogen (secondary N) is 1. The van der Waals surface area contributed by atoms with E-state index in [0.29, 0.717) is 39.3 Å². The summed E-state index contributed by atoms with van der Waals surface area (Å²) in [4.78, 5) is 35.5. The average molecular weight is 491 g/mol. The SMILES string of the molecule is CC(=O)N1CCc2cc(-c3cnc4[nH]cc(C)c4c3)cc(CC(C)(C)[C@@H]3COCCN3C(=O)O)c2C1. The number of fused-ring (bicyclic) bond motifs is 2. The number of nitrogens with zero attached hydrogens (tertiary/aromatic N) is 3. The van der Waals surface area contributed by atoms with E-state index in [0.717, 1.165) is 39.7 Å². The zero-order chi connectivity index (χ0) is 25.6. The number of carbonyl (C=O) groups is 2.